The number of hydrogen-bond acceptors (Lipinski definition) is 0. The van der Waals surface area contributed by atoms with Crippen LogP contribution in [0.15, 0.2) is 36.4 Å². The van der Waals surface area contributed by atoms with Gasteiger partial charge in [0.15, 0.2) is 0 Å². The van der Waals surface area contributed by atoms with Crippen LogP contribution in [0.2, 0.25) is 0 Å². The van der Waals surface area contributed by atoms with Crippen molar-refractivity contribution in [2.45, 2.75) is 0 Å². The van der Waals surface area contributed by atoms with E-state index in [2.05, 4.69) is 14.5 Å². The molecule has 3 aromatic carbocycles. The van der Waals surface area contributed by atoms with E-state index < -0.39 is 87.1 Å². The molecule has 0 fully saturated rings. The van der Waals surface area contributed by atoms with E-state index in [0.29, 0.717) is 36.4 Å². The van der Waals surface area contributed by atoms with E-state index in [1.807, 2.05) is 0 Å². The molecule has 0 radical (unpaired) electrons. The topological polar surface area (TPSA) is 13.1 Å². The predicted octanol–water partition coefficient (Wildman–Crippen LogP) is 12.1. The van der Waals surface area contributed by atoms with E-state index in [-0.39, 0.29) is 28.5 Å². The molecule has 0 unspecified atom stereocenters. The molecule has 0 aliphatic rings. The Kier molecular flexibility index (Phi) is 26.1. The Balaban J connectivity index is -0.000000231. The van der Waals surface area contributed by atoms with Gasteiger partial charge in [-0.05, 0) is 36.4 Å². The van der Waals surface area contributed by atoms with Crippen molar-refractivity contribution in [1.82, 2.24) is 0 Å². The summed E-state index contributed by atoms with van der Waals surface area (Å²) in [6, 6.07) is 2.81. The summed E-state index contributed by atoms with van der Waals surface area (Å²) in [5, 5.41) is 0. The summed E-state index contributed by atoms with van der Waals surface area (Å²) in [4.78, 5) is 7.63. The second-order valence-electron chi connectivity index (χ2n) is 5.92. The average Bonchev–Trinajstić information content (AvgIpc) is 2.78. The van der Waals surface area contributed by atoms with Gasteiger partial charge in [-0.3, -0.25) is 0 Å². The van der Waals surface area contributed by atoms with Gasteiger partial charge in [-0.15, -0.1) is 0 Å². The van der Waals surface area contributed by atoms with E-state index in [4.69, 9.17) is 19.7 Å². The molecular formula is C22H11F15N3P2W+. The quantitative estimate of drug-likeness (QED) is 0.121. The molecule has 0 aliphatic carbocycles. The van der Waals surface area contributed by atoms with Crippen LogP contribution < -0.4 is 0 Å². The molecule has 0 atom stereocenters. The third-order valence-electron chi connectivity index (χ3n) is 3.28. The molecule has 0 bridgehead atoms. The zero-order chi connectivity index (χ0) is 32.4. The molecule has 0 spiro atoms. The molecule has 0 saturated carbocycles. The zero-order valence-electron chi connectivity index (χ0n) is 20.4. The van der Waals surface area contributed by atoms with Crippen LogP contribution in [0.1, 0.15) is 0 Å². The third-order valence-corrected chi connectivity index (χ3v) is 3.28. The van der Waals surface area contributed by atoms with Crippen LogP contribution in [0.3, 0.4) is 0 Å². The standard InChI is InChI=1S/3C7H2F3N.CH3.2F3HP.W/c3*1-11-7-5(9)2-4(8)3-6(7)10;;2*1-4(2)3;/h3*2-3H;1H3;2*4H;/q;;;-1;2*+1;. The van der Waals surface area contributed by atoms with Gasteiger partial charge in [-0.1, -0.05) is 0 Å². The fraction of sp³-hybridized carbons (Fsp3) is 0. The minimum absolute atomic E-state index is 0. The van der Waals surface area contributed by atoms with Crippen LogP contribution in [0.25, 0.3) is 14.5 Å². The number of halogens is 15. The number of rotatable bonds is 0. The summed E-state index contributed by atoms with van der Waals surface area (Å²) in [6.07, 6.45) is 0. The molecule has 0 heterocycles. The smallest absolute Gasteiger partial charge is 0.358 e. The Hall–Kier alpha value is -3.37. The maximum atomic E-state index is 12.4. The molecule has 0 amide bonds. The van der Waals surface area contributed by atoms with Crippen molar-refractivity contribution in [3.63, 3.8) is 0 Å². The van der Waals surface area contributed by atoms with Gasteiger partial charge >= 0.3 is 17.7 Å². The van der Waals surface area contributed by atoms with Gasteiger partial charge in [-0.25, -0.2) is 54.0 Å². The van der Waals surface area contributed by atoms with Crippen molar-refractivity contribution in [3.8, 4) is 0 Å². The number of hydrogen-bond donors (Lipinski definition) is 0. The fourth-order valence-corrected chi connectivity index (χ4v) is 1.92. The number of benzene rings is 3. The van der Waals surface area contributed by atoms with Crippen LogP contribution in [0.4, 0.5) is 81.8 Å². The third kappa shape index (κ3) is 20.2. The van der Waals surface area contributed by atoms with Gasteiger partial charge in [0.2, 0.25) is 0 Å². The van der Waals surface area contributed by atoms with Gasteiger partial charge < -0.3 is 7.43 Å². The Labute approximate surface area is 250 Å². The van der Waals surface area contributed by atoms with E-state index in [9.17, 15) is 64.7 Å². The SMILES string of the molecule is F[PH+](F)F.F[PH+](F)F.[C-]#[N+]c1c(F)cc(F)cc1F.[C-]#[N+]c1c(F)cc(F)cc1F.[C-]#[N+]c1c(F)cc(F)cc1F.[CH3-].[W]. The summed E-state index contributed by atoms with van der Waals surface area (Å²) >= 11 is 0. The Bertz CT molecular complexity index is 1180. The van der Waals surface area contributed by atoms with E-state index in [1.165, 1.54) is 0 Å². The minimum atomic E-state index is -4.38. The molecule has 3 nitrogen and oxygen atoms in total. The van der Waals surface area contributed by atoms with Gasteiger partial charge in [0.05, 0.1) is 19.7 Å². The first-order valence-electron chi connectivity index (χ1n) is 9.14. The average molecular weight is 848 g/mol. The summed E-state index contributed by atoms with van der Waals surface area (Å²) in [7, 11) is -8.76. The molecule has 0 N–H and O–H groups in total. The van der Waals surface area contributed by atoms with Crippen molar-refractivity contribution in [1.29, 1.82) is 0 Å². The molecular weight excluding hydrogens is 837 g/mol. The Morgan fingerprint density at radius 2 is 0.512 bits per heavy atom. The van der Waals surface area contributed by atoms with Crippen LogP contribution >= 0.6 is 17.7 Å². The predicted molar refractivity (Wildman–Crippen MR) is 127 cm³/mol. The van der Waals surface area contributed by atoms with Crippen LogP contribution in [-0.2, 0) is 21.1 Å². The zero-order valence-corrected chi connectivity index (χ0v) is 25.3. The van der Waals surface area contributed by atoms with Crippen molar-refractivity contribution >= 4 is 34.8 Å². The van der Waals surface area contributed by atoms with E-state index in [1.54, 1.807) is 0 Å². The first-order valence-corrected chi connectivity index (χ1v) is 11.4. The fourth-order valence-electron chi connectivity index (χ4n) is 1.92. The van der Waals surface area contributed by atoms with Crippen molar-refractivity contribution in [2.75, 3.05) is 0 Å². The molecule has 0 aromatic heterocycles. The molecule has 3 rings (SSSR count). The number of nitrogens with zero attached hydrogens (tertiary/aromatic N) is 3. The minimum Gasteiger partial charge on any atom is -0.358 e. The Morgan fingerprint density at radius 1 is 0.395 bits per heavy atom. The van der Waals surface area contributed by atoms with Crippen molar-refractivity contribution in [3.05, 3.63) is 130 Å². The van der Waals surface area contributed by atoms with Gasteiger partial charge in [0.1, 0.15) is 52.4 Å². The first kappa shape index (κ1) is 46.6. The van der Waals surface area contributed by atoms with Crippen LogP contribution in [-0.4, -0.2) is 0 Å². The monoisotopic (exact) mass is 848 g/mol. The molecule has 43 heavy (non-hydrogen) atoms. The molecule has 3 aromatic rings. The van der Waals surface area contributed by atoms with Gasteiger partial charge in [0, 0.05) is 46.2 Å². The maximum Gasteiger partial charge on any atom is 0.558 e. The maximum absolute atomic E-state index is 12.4. The first-order chi connectivity index (χ1) is 18.9. The molecule has 234 valence electrons. The summed E-state index contributed by atoms with van der Waals surface area (Å²) in [6.45, 7) is 19.0. The summed E-state index contributed by atoms with van der Waals surface area (Å²) < 4.78 is 170. The summed E-state index contributed by atoms with van der Waals surface area (Å²) in [5.74, 6) is -10.1. The Morgan fingerprint density at radius 3 is 0.605 bits per heavy atom. The van der Waals surface area contributed by atoms with E-state index in [0.717, 1.165) is 0 Å². The largest absolute Gasteiger partial charge is 0.558 e. The second-order valence-corrected chi connectivity index (χ2v) is 6.78. The molecule has 0 aliphatic heterocycles. The van der Waals surface area contributed by atoms with Gasteiger partial charge in [0.25, 0.3) is 17.1 Å². The van der Waals surface area contributed by atoms with Crippen LogP contribution in [0.5, 0.6) is 0 Å². The molecule has 0 saturated heterocycles. The second kappa shape index (κ2) is 24.1. The van der Waals surface area contributed by atoms with Crippen LogP contribution in [0, 0.1) is 79.5 Å². The van der Waals surface area contributed by atoms with Crippen molar-refractivity contribution in [2.24, 2.45) is 0 Å². The van der Waals surface area contributed by atoms with E-state index >= 15 is 0 Å². The van der Waals surface area contributed by atoms with Gasteiger partial charge in [-0.2, -0.15) is 0 Å². The summed E-state index contributed by atoms with van der Waals surface area (Å²) in [5.41, 5.74) is -2.32. The molecule has 21 heteroatoms. The van der Waals surface area contributed by atoms with Crippen molar-refractivity contribution < 1.29 is 85.8 Å². The normalized spacial score (nSPS) is 8.79.